The van der Waals surface area contributed by atoms with Crippen LogP contribution in [0, 0.1) is 0 Å². The van der Waals surface area contributed by atoms with Gasteiger partial charge in [-0.1, -0.05) is 18.2 Å². The van der Waals surface area contributed by atoms with Crippen LogP contribution in [0.15, 0.2) is 30.3 Å². The molecule has 0 N–H and O–H groups in total. The Morgan fingerprint density at radius 2 is 2.28 bits per heavy atom. The van der Waals surface area contributed by atoms with E-state index in [1.807, 2.05) is 11.3 Å². The number of morpholine rings is 1. The van der Waals surface area contributed by atoms with Gasteiger partial charge in [-0.25, -0.2) is 4.68 Å². The summed E-state index contributed by atoms with van der Waals surface area (Å²) in [5.74, 6) is 0.776. The average Bonchev–Trinajstić information content (AvgIpc) is 3.26. The van der Waals surface area contributed by atoms with Crippen molar-refractivity contribution < 1.29 is 9.47 Å². The van der Waals surface area contributed by atoms with Crippen LogP contribution in [-0.2, 0) is 22.6 Å². The van der Waals surface area contributed by atoms with Crippen LogP contribution in [0.2, 0.25) is 0 Å². The first-order valence-corrected chi connectivity index (χ1v) is 9.21. The predicted molar refractivity (Wildman–Crippen MR) is 95.5 cm³/mol. The van der Waals surface area contributed by atoms with E-state index in [1.54, 1.807) is 11.8 Å². The molecule has 1 aliphatic rings. The highest BCUT2D eigenvalue weighted by Crippen LogP contribution is 2.28. The lowest BCUT2D eigenvalue weighted by Crippen LogP contribution is -2.38. The molecule has 0 amide bonds. The summed E-state index contributed by atoms with van der Waals surface area (Å²) in [5, 5.41) is 13.3. The van der Waals surface area contributed by atoms with Crippen molar-refractivity contribution in [3.8, 4) is 0 Å². The predicted octanol–water partition coefficient (Wildman–Crippen LogP) is 2.11. The third-order valence-electron chi connectivity index (χ3n) is 4.36. The first kappa shape index (κ1) is 16.6. The van der Waals surface area contributed by atoms with Crippen LogP contribution < -0.4 is 0 Å². The Bertz CT molecular complexity index is 800. The maximum atomic E-state index is 5.93. The topological polar surface area (TPSA) is 65.3 Å². The number of benzene rings is 1. The minimum absolute atomic E-state index is 0.102. The van der Waals surface area contributed by atoms with Crippen molar-refractivity contribution in [3.05, 3.63) is 41.0 Å². The number of hydrogen-bond acceptors (Lipinski definition) is 7. The molecule has 3 aromatic rings. The standard InChI is InChI=1S/C17H21N5O2S/c1-23-8-7-22-17(18-19-20-22)15-12-21(6-9-24-15)11-14-10-13-4-2-3-5-16(13)25-14/h2-5,10,15H,6-9,11-12H2,1H3. The second-order valence-corrected chi connectivity index (χ2v) is 7.27. The summed E-state index contributed by atoms with van der Waals surface area (Å²) < 4.78 is 14.2. The van der Waals surface area contributed by atoms with E-state index in [4.69, 9.17) is 9.47 Å². The van der Waals surface area contributed by atoms with Crippen molar-refractivity contribution in [3.63, 3.8) is 0 Å². The van der Waals surface area contributed by atoms with E-state index in [9.17, 15) is 0 Å². The van der Waals surface area contributed by atoms with Gasteiger partial charge in [0.1, 0.15) is 6.10 Å². The summed E-state index contributed by atoms with van der Waals surface area (Å²) in [5.41, 5.74) is 0. The summed E-state index contributed by atoms with van der Waals surface area (Å²) in [6, 6.07) is 10.8. The van der Waals surface area contributed by atoms with Gasteiger partial charge in [0, 0.05) is 36.3 Å². The van der Waals surface area contributed by atoms with E-state index < -0.39 is 0 Å². The van der Waals surface area contributed by atoms with Crippen LogP contribution in [-0.4, -0.2) is 58.5 Å². The van der Waals surface area contributed by atoms with Crippen LogP contribution in [0.25, 0.3) is 10.1 Å². The maximum Gasteiger partial charge on any atom is 0.181 e. The molecule has 1 aromatic carbocycles. The number of thiophene rings is 1. The first-order valence-electron chi connectivity index (χ1n) is 8.40. The lowest BCUT2D eigenvalue weighted by Gasteiger charge is -2.31. The molecular formula is C17H21N5O2S. The van der Waals surface area contributed by atoms with E-state index in [0.717, 1.165) is 25.5 Å². The van der Waals surface area contributed by atoms with E-state index in [1.165, 1.54) is 15.0 Å². The first-order chi connectivity index (χ1) is 12.3. The van der Waals surface area contributed by atoms with Gasteiger partial charge in [-0.3, -0.25) is 4.90 Å². The second-order valence-electron chi connectivity index (χ2n) is 6.10. The van der Waals surface area contributed by atoms with Gasteiger partial charge in [-0.05, 0) is 27.9 Å². The van der Waals surface area contributed by atoms with Crippen LogP contribution in [0.4, 0.5) is 0 Å². The highest BCUT2D eigenvalue weighted by molar-refractivity contribution is 7.19. The van der Waals surface area contributed by atoms with E-state index in [-0.39, 0.29) is 6.10 Å². The molecule has 1 unspecified atom stereocenters. The smallest absolute Gasteiger partial charge is 0.181 e. The van der Waals surface area contributed by atoms with Gasteiger partial charge in [-0.2, -0.15) is 0 Å². The summed E-state index contributed by atoms with van der Waals surface area (Å²) in [7, 11) is 1.67. The van der Waals surface area contributed by atoms with Crippen molar-refractivity contribution in [2.75, 3.05) is 33.4 Å². The van der Waals surface area contributed by atoms with Gasteiger partial charge in [0.25, 0.3) is 0 Å². The SMILES string of the molecule is COCCn1nnnc1C1CN(Cc2cc3ccccc3s2)CCO1. The Kier molecular flexibility index (Phi) is 5.02. The van der Waals surface area contributed by atoms with Gasteiger partial charge in [0.15, 0.2) is 5.82 Å². The summed E-state index contributed by atoms with van der Waals surface area (Å²) in [6.45, 7) is 4.54. The Morgan fingerprint density at radius 1 is 1.36 bits per heavy atom. The van der Waals surface area contributed by atoms with E-state index in [0.29, 0.717) is 19.8 Å². The molecule has 0 aliphatic carbocycles. The molecule has 1 aliphatic heterocycles. The lowest BCUT2D eigenvalue weighted by atomic mass is 10.2. The highest BCUT2D eigenvalue weighted by atomic mass is 32.1. The van der Waals surface area contributed by atoms with Crippen molar-refractivity contribution in [2.24, 2.45) is 0 Å². The van der Waals surface area contributed by atoms with Crippen molar-refractivity contribution in [1.82, 2.24) is 25.1 Å². The molecule has 25 heavy (non-hydrogen) atoms. The summed E-state index contributed by atoms with van der Waals surface area (Å²) >= 11 is 1.86. The lowest BCUT2D eigenvalue weighted by molar-refractivity contribution is -0.0393. The molecule has 1 saturated heterocycles. The number of rotatable bonds is 6. The second kappa shape index (κ2) is 7.57. The Balaban J connectivity index is 1.45. The van der Waals surface area contributed by atoms with E-state index in [2.05, 4.69) is 50.8 Å². The minimum Gasteiger partial charge on any atom is -0.383 e. The molecule has 1 atom stereocenters. The van der Waals surface area contributed by atoms with Gasteiger partial charge in [0.05, 0.1) is 19.8 Å². The van der Waals surface area contributed by atoms with Gasteiger partial charge < -0.3 is 9.47 Å². The molecule has 1 fully saturated rings. The van der Waals surface area contributed by atoms with Gasteiger partial charge in [0.2, 0.25) is 0 Å². The molecule has 7 nitrogen and oxygen atoms in total. The molecule has 0 saturated carbocycles. The zero-order valence-corrected chi connectivity index (χ0v) is 15.0. The molecular weight excluding hydrogens is 338 g/mol. The molecule has 0 spiro atoms. The Labute approximate surface area is 150 Å². The summed E-state index contributed by atoms with van der Waals surface area (Å²) in [4.78, 5) is 3.79. The number of hydrogen-bond donors (Lipinski definition) is 0. The molecule has 0 radical (unpaired) electrons. The fourth-order valence-corrected chi connectivity index (χ4v) is 4.22. The molecule has 2 aromatic heterocycles. The third kappa shape index (κ3) is 3.72. The van der Waals surface area contributed by atoms with E-state index >= 15 is 0 Å². The maximum absolute atomic E-state index is 5.93. The van der Waals surface area contributed by atoms with Crippen molar-refractivity contribution >= 4 is 21.4 Å². The fourth-order valence-electron chi connectivity index (χ4n) is 3.12. The number of tetrazole rings is 1. The molecule has 132 valence electrons. The van der Waals surface area contributed by atoms with Crippen LogP contribution in [0.3, 0.4) is 0 Å². The quantitative estimate of drug-likeness (QED) is 0.672. The van der Waals surface area contributed by atoms with Crippen LogP contribution in [0.1, 0.15) is 16.8 Å². The number of ether oxygens (including phenoxy) is 2. The molecule has 8 heteroatoms. The monoisotopic (exact) mass is 359 g/mol. The van der Waals surface area contributed by atoms with Gasteiger partial charge >= 0.3 is 0 Å². The van der Waals surface area contributed by atoms with Crippen LogP contribution >= 0.6 is 11.3 Å². The van der Waals surface area contributed by atoms with Gasteiger partial charge in [-0.15, -0.1) is 16.4 Å². The zero-order valence-electron chi connectivity index (χ0n) is 14.2. The Morgan fingerprint density at radius 3 is 3.16 bits per heavy atom. The zero-order chi connectivity index (χ0) is 17.1. The Hall–Kier alpha value is -1.87. The number of aromatic nitrogens is 4. The number of fused-ring (bicyclic) bond motifs is 1. The molecule has 4 rings (SSSR count). The van der Waals surface area contributed by atoms with Crippen molar-refractivity contribution in [2.45, 2.75) is 19.2 Å². The third-order valence-corrected chi connectivity index (χ3v) is 5.46. The van der Waals surface area contributed by atoms with Crippen LogP contribution in [0.5, 0.6) is 0 Å². The fraction of sp³-hybridized carbons (Fsp3) is 0.471. The molecule has 3 heterocycles. The highest BCUT2D eigenvalue weighted by Gasteiger charge is 2.27. The van der Waals surface area contributed by atoms with Crippen molar-refractivity contribution in [1.29, 1.82) is 0 Å². The normalized spacial score (nSPS) is 18.8. The summed E-state index contributed by atoms with van der Waals surface area (Å²) in [6.07, 6.45) is -0.102. The minimum atomic E-state index is -0.102. The largest absolute Gasteiger partial charge is 0.383 e. The average molecular weight is 359 g/mol. The number of methoxy groups -OCH3 is 1. The number of nitrogens with zero attached hydrogens (tertiary/aromatic N) is 5. The molecule has 0 bridgehead atoms.